The minimum absolute atomic E-state index is 0.124. The lowest BCUT2D eigenvalue weighted by Gasteiger charge is -2.39. The summed E-state index contributed by atoms with van der Waals surface area (Å²) in [6.45, 7) is 8.78. The number of hydrogen-bond acceptors (Lipinski definition) is 6. The van der Waals surface area contributed by atoms with Crippen LogP contribution in [0.2, 0.25) is 0 Å². The van der Waals surface area contributed by atoms with Crippen LogP contribution in [0.3, 0.4) is 0 Å². The molecule has 0 bridgehead atoms. The molecule has 0 aromatic carbocycles. The van der Waals surface area contributed by atoms with Crippen LogP contribution < -0.4 is 10.9 Å². The van der Waals surface area contributed by atoms with Crippen LogP contribution in [0.4, 0.5) is 4.79 Å². The smallest absolute Gasteiger partial charge is 0.407 e. The number of likely N-dealkylation sites (tertiary alicyclic amines) is 1. The van der Waals surface area contributed by atoms with Crippen molar-refractivity contribution in [2.75, 3.05) is 19.6 Å². The van der Waals surface area contributed by atoms with Gasteiger partial charge in [-0.2, -0.15) is 5.10 Å². The first-order valence-electron chi connectivity index (χ1n) is 10.6. The van der Waals surface area contributed by atoms with E-state index in [0.717, 1.165) is 30.5 Å². The van der Waals surface area contributed by atoms with Crippen molar-refractivity contribution in [3.63, 3.8) is 0 Å². The number of amides is 2. The summed E-state index contributed by atoms with van der Waals surface area (Å²) >= 11 is 0. The highest BCUT2D eigenvalue weighted by atomic mass is 16.6. The molecule has 1 saturated heterocycles. The predicted octanol–water partition coefficient (Wildman–Crippen LogP) is 1.35. The minimum Gasteiger partial charge on any atom is -0.444 e. The standard InChI is InChI=1S/C21H28N6O4/c1-12-15(9-23-27(12)19-24-16-7-5-6-14(16)17(28)25-19)18(29)26-10-13(11-26)8-22-20(30)31-21(2,3)4/h9,13H,5-8,10-11H2,1-4H3,(H,22,30)(H,24,25,28). The molecule has 2 N–H and O–H groups in total. The van der Waals surface area contributed by atoms with Crippen LogP contribution in [0, 0.1) is 12.8 Å². The summed E-state index contributed by atoms with van der Waals surface area (Å²) in [5.41, 5.74) is 1.98. The van der Waals surface area contributed by atoms with Gasteiger partial charge in [0.2, 0.25) is 5.95 Å². The molecule has 0 unspecified atom stereocenters. The molecule has 2 amide bonds. The second kappa shape index (κ2) is 7.82. The molecule has 2 aliphatic rings. The largest absolute Gasteiger partial charge is 0.444 e. The van der Waals surface area contributed by atoms with Crippen molar-refractivity contribution >= 4 is 12.0 Å². The van der Waals surface area contributed by atoms with Crippen molar-refractivity contribution in [1.82, 2.24) is 30.0 Å². The quantitative estimate of drug-likeness (QED) is 0.758. The maximum atomic E-state index is 12.9. The van der Waals surface area contributed by atoms with E-state index in [0.29, 0.717) is 36.8 Å². The monoisotopic (exact) mass is 428 g/mol. The van der Waals surface area contributed by atoms with Gasteiger partial charge < -0.3 is 15.0 Å². The Balaban J connectivity index is 1.37. The van der Waals surface area contributed by atoms with Gasteiger partial charge in [0.15, 0.2) is 0 Å². The Labute approximate surface area is 180 Å². The molecule has 1 aliphatic heterocycles. The number of aromatic nitrogens is 4. The van der Waals surface area contributed by atoms with Crippen molar-refractivity contribution in [3.05, 3.63) is 39.1 Å². The Hall–Kier alpha value is -3.17. The van der Waals surface area contributed by atoms with E-state index in [1.807, 2.05) is 20.8 Å². The zero-order valence-electron chi connectivity index (χ0n) is 18.3. The molecule has 0 radical (unpaired) electrons. The molecule has 0 atom stereocenters. The Kier molecular flexibility index (Phi) is 5.32. The van der Waals surface area contributed by atoms with Crippen LogP contribution in [-0.4, -0.2) is 61.9 Å². The molecular formula is C21H28N6O4. The summed E-state index contributed by atoms with van der Waals surface area (Å²) < 4.78 is 6.73. The average Bonchev–Trinajstić information content (AvgIpc) is 3.25. The SMILES string of the molecule is Cc1c(C(=O)N2CC(CNC(=O)OC(C)(C)C)C2)cnn1-c1nc2c(c(=O)[nH]1)CCC2. The van der Waals surface area contributed by atoms with E-state index in [-0.39, 0.29) is 17.4 Å². The number of hydrogen-bond donors (Lipinski definition) is 2. The van der Waals surface area contributed by atoms with Gasteiger partial charge in [0.05, 0.1) is 23.1 Å². The normalized spacial score (nSPS) is 16.1. The Morgan fingerprint density at radius 3 is 2.74 bits per heavy atom. The van der Waals surface area contributed by atoms with Gasteiger partial charge in [-0.1, -0.05) is 0 Å². The van der Waals surface area contributed by atoms with Crippen molar-refractivity contribution in [2.24, 2.45) is 5.92 Å². The first-order valence-corrected chi connectivity index (χ1v) is 10.6. The van der Waals surface area contributed by atoms with Gasteiger partial charge in [0.1, 0.15) is 5.60 Å². The van der Waals surface area contributed by atoms with Crippen molar-refractivity contribution in [2.45, 2.75) is 52.6 Å². The van der Waals surface area contributed by atoms with E-state index in [2.05, 4.69) is 20.4 Å². The minimum atomic E-state index is -0.540. The predicted molar refractivity (Wildman–Crippen MR) is 112 cm³/mol. The van der Waals surface area contributed by atoms with Gasteiger partial charge in [-0.25, -0.2) is 14.5 Å². The first-order chi connectivity index (χ1) is 14.6. The maximum absolute atomic E-state index is 12.9. The third-order valence-corrected chi connectivity index (χ3v) is 5.55. The Bertz CT molecular complexity index is 1070. The highest BCUT2D eigenvalue weighted by molar-refractivity contribution is 5.95. The summed E-state index contributed by atoms with van der Waals surface area (Å²) in [6, 6.07) is 0. The Morgan fingerprint density at radius 1 is 1.29 bits per heavy atom. The molecule has 4 rings (SSSR count). The first kappa shape index (κ1) is 21.1. The highest BCUT2D eigenvalue weighted by Crippen LogP contribution is 2.22. The van der Waals surface area contributed by atoms with Gasteiger partial charge >= 0.3 is 6.09 Å². The summed E-state index contributed by atoms with van der Waals surface area (Å²) in [7, 11) is 0. The lowest BCUT2D eigenvalue weighted by Crippen LogP contribution is -2.54. The van der Waals surface area contributed by atoms with Gasteiger partial charge in [-0.05, 0) is 47.0 Å². The lowest BCUT2D eigenvalue weighted by atomic mass is 9.99. The number of fused-ring (bicyclic) bond motifs is 1. The number of H-pyrrole nitrogens is 1. The zero-order valence-corrected chi connectivity index (χ0v) is 18.3. The van der Waals surface area contributed by atoms with Gasteiger partial charge in [0, 0.05) is 31.1 Å². The molecule has 10 nitrogen and oxygen atoms in total. The van der Waals surface area contributed by atoms with Crippen LogP contribution in [0.5, 0.6) is 0 Å². The molecule has 1 fully saturated rings. The molecule has 0 saturated carbocycles. The molecule has 0 spiro atoms. The second-order valence-corrected chi connectivity index (χ2v) is 9.18. The van der Waals surface area contributed by atoms with Gasteiger partial charge in [0.25, 0.3) is 11.5 Å². The Morgan fingerprint density at radius 2 is 2.03 bits per heavy atom. The molecular weight excluding hydrogens is 400 g/mol. The van der Waals surface area contributed by atoms with Crippen molar-refractivity contribution in [1.29, 1.82) is 0 Å². The number of carbonyl (C=O) groups is 2. The number of aromatic amines is 1. The topological polar surface area (TPSA) is 122 Å². The van der Waals surface area contributed by atoms with E-state index in [9.17, 15) is 14.4 Å². The zero-order chi connectivity index (χ0) is 22.3. The van der Waals surface area contributed by atoms with Crippen molar-refractivity contribution in [3.8, 4) is 5.95 Å². The number of nitrogens with zero attached hydrogens (tertiary/aromatic N) is 4. The van der Waals surface area contributed by atoms with E-state index in [1.165, 1.54) is 10.9 Å². The fraction of sp³-hybridized carbons (Fsp3) is 0.571. The van der Waals surface area contributed by atoms with E-state index in [1.54, 1.807) is 11.8 Å². The second-order valence-electron chi connectivity index (χ2n) is 9.18. The number of ether oxygens (including phenoxy) is 1. The molecule has 10 heteroatoms. The molecule has 3 heterocycles. The van der Waals surface area contributed by atoms with Gasteiger partial charge in [-0.3, -0.25) is 14.6 Å². The number of nitrogens with one attached hydrogen (secondary N) is 2. The number of alkyl carbamates (subject to hydrolysis) is 1. The van der Waals surface area contributed by atoms with Crippen LogP contribution in [0.1, 0.15) is 54.5 Å². The van der Waals surface area contributed by atoms with Crippen LogP contribution in [0.25, 0.3) is 5.95 Å². The maximum Gasteiger partial charge on any atom is 0.407 e. The third-order valence-electron chi connectivity index (χ3n) is 5.55. The fourth-order valence-electron chi connectivity index (χ4n) is 3.94. The van der Waals surface area contributed by atoms with Crippen LogP contribution >= 0.6 is 0 Å². The lowest BCUT2D eigenvalue weighted by molar-refractivity contribution is 0.0420. The number of carbonyl (C=O) groups excluding carboxylic acids is 2. The third kappa shape index (κ3) is 4.33. The summed E-state index contributed by atoms with van der Waals surface area (Å²) in [5, 5.41) is 7.04. The van der Waals surface area contributed by atoms with Crippen molar-refractivity contribution < 1.29 is 14.3 Å². The van der Waals surface area contributed by atoms with E-state index >= 15 is 0 Å². The number of aryl methyl sites for hydroxylation is 1. The summed E-state index contributed by atoms with van der Waals surface area (Å²) in [6.07, 6.45) is 3.52. The number of rotatable bonds is 4. The van der Waals surface area contributed by atoms with Crippen LogP contribution in [-0.2, 0) is 17.6 Å². The van der Waals surface area contributed by atoms with E-state index in [4.69, 9.17) is 4.74 Å². The molecule has 166 valence electrons. The van der Waals surface area contributed by atoms with Crippen LogP contribution in [0.15, 0.2) is 11.0 Å². The summed E-state index contributed by atoms with van der Waals surface area (Å²) in [5.74, 6) is 0.396. The fourth-order valence-corrected chi connectivity index (χ4v) is 3.94. The molecule has 1 aliphatic carbocycles. The molecule has 2 aromatic rings. The molecule has 2 aromatic heterocycles. The van der Waals surface area contributed by atoms with Gasteiger partial charge in [-0.15, -0.1) is 0 Å². The highest BCUT2D eigenvalue weighted by Gasteiger charge is 2.33. The average molecular weight is 428 g/mol. The van der Waals surface area contributed by atoms with E-state index < -0.39 is 11.7 Å². The molecule has 31 heavy (non-hydrogen) atoms. The summed E-state index contributed by atoms with van der Waals surface area (Å²) in [4.78, 5) is 46.0.